The van der Waals surface area contributed by atoms with E-state index in [2.05, 4.69) is 11.5 Å². The number of ether oxygens (including phenoxy) is 1. The molecule has 1 fully saturated rings. The maximum absolute atomic E-state index is 12.5. The Morgan fingerprint density at radius 1 is 1.04 bits per heavy atom. The normalized spacial score (nSPS) is 14.1. The molecule has 1 aliphatic rings. The summed E-state index contributed by atoms with van der Waals surface area (Å²) in [5.41, 5.74) is 2.22. The van der Waals surface area contributed by atoms with Crippen molar-refractivity contribution >= 4 is 11.6 Å². The van der Waals surface area contributed by atoms with Gasteiger partial charge < -0.3 is 19.6 Å². The van der Waals surface area contributed by atoms with Crippen molar-refractivity contribution < 1.29 is 14.6 Å². The number of phenolic OH excluding ortho intramolecular Hbond substituents is 1. The van der Waals surface area contributed by atoms with Crippen LogP contribution in [0.15, 0.2) is 61.2 Å². The number of rotatable bonds is 7. The van der Waals surface area contributed by atoms with Gasteiger partial charge in [-0.05, 0) is 48.4 Å². The summed E-state index contributed by atoms with van der Waals surface area (Å²) in [5.74, 6) is 1.29. The zero-order valence-corrected chi connectivity index (χ0v) is 15.5. The molecule has 1 aliphatic heterocycles. The van der Waals surface area contributed by atoms with Gasteiger partial charge in [-0.3, -0.25) is 4.79 Å². The van der Waals surface area contributed by atoms with E-state index in [1.807, 2.05) is 41.3 Å². The standard InChI is InChI=1S/C22H26N2O3/c1-2-17-27-21-10-3-18(4-11-21)5-12-22(26)24-15-13-23(14-16-24)19-6-8-20(25)9-7-19/h2-4,6-11,25H,1,5,12-17H2. The van der Waals surface area contributed by atoms with Gasteiger partial charge in [-0.2, -0.15) is 0 Å². The molecule has 1 N–H and O–H groups in total. The van der Waals surface area contributed by atoms with Crippen molar-refractivity contribution in [2.45, 2.75) is 12.8 Å². The summed E-state index contributed by atoms with van der Waals surface area (Å²) in [5, 5.41) is 9.39. The number of phenols is 1. The van der Waals surface area contributed by atoms with Crippen molar-refractivity contribution in [3.63, 3.8) is 0 Å². The second kappa shape index (κ2) is 9.12. The molecule has 1 amide bonds. The molecule has 5 heteroatoms. The predicted octanol–water partition coefficient (Wildman–Crippen LogP) is 3.24. The third-order valence-corrected chi connectivity index (χ3v) is 4.77. The van der Waals surface area contributed by atoms with E-state index in [0.29, 0.717) is 13.0 Å². The Morgan fingerprint density at radius 2 is 1.70 bits per heavy atom. The number of benzene rings is 2. The van der Waals surface area contributed by atoms with Crippen LogP contribution in [0.1, 0.15) is 12.0 Å². The lowest BCUT2D eigenvalue weighted by Gasteiger charge is -2.36. The summed E-state index contributed by atoms with van der Waals surface area (Å²) in [6, 6.07) is 15.1. The van der Waals surface area contributed by atoms with Crippen LogP contribution in [0.4, 0.5) is 5.69 Å². The zero-order chi connectivity index (χ0) is 19.1. The molecule has 0 aliphatic carbocycles. The monoisotopic (exact) mass is 366 g/mol. The number of nitrogens with zero attached hydrogens (tertiary/aromatic N) is 2. The highest BCUT2D eigenvalue weighted by Crippen LogP contribution is 2.20. The number of carbonyl (C=O) groups excluding carboxylic acids is 1. The lowest BCUT2D eigenvalue weighted by Crippen LogP contribution is -2.48. The van der Waals surface area contributed by atoms with E-state index in [1.165, 1.54) is 0 Å². The third kappa shape index (κ3) is 5.26. The van der Waals surface area contributed by atoms with Crippen LogP contribution in [0, 0.1) is 0 Å². The maximum atomic E-state index is 12.5. The first kappa shape index (κ1) is 18.8. The third-order valence-electron chi connectivity index (χ3n) is 4.77. The number of piperazine rings is 1. The van der Waals surface area contributed by atoms with E-state index in [0.717, 1.165) is 49.6 Å². The first-order valence-corrected chi connectivity index (χ1v) is 9.30. The summed E-state index contributed by atoms with van der Waals surface area (Å²) in [4.78, 5) is 16.7. The minimum absolute atomic E-state index is 0.201. The van der Waals surface area contributed by atoms with Gasteiger partial charge in [-0.1, -0.05) is 24.8 Å². The van der Waals surface area contributed by atoms with E-state index in [9.17, 15) is 9.90 Å². The minimum atomic E-state index is 0.201. The number of aromatic hydroxyl groups is 1. The molecule has 0 radical (unpaired) electrons. The number of amides is 1. The fourth-order valence-electron chi connectivity index (χ4n) is 3.19. The van der Waals surface area contributed by atoms with Crippen molar-refractivity contribution in [1.29, 1.82) is 0 Å². The molecule has 1 saturated heterocycles. The summed E-state index contributed by atoms with van der Waals surface area (Å²) >= 11 is 0. The van der Waals surface area contributed by atoms with Crippen molar-refractivity contribution in [3.05, 3.63) is 66.7 Å². The van der Waals surface area contributed by atoms with Crippen LogP contribution in [0.5, 0.6) is 11.5 Å². The number of hydrogen-bond donors (Lipinski definition) is 1. The molecule has 142 valence electrons. The quantitative estimate of drug-likeness (QED) is 0.765. The summed E-state index contributed by atoms with van der Waals surface area (Å²) in [6.07, 6.45) is 2.97. The second-order valence-corrected chi connectivity index (χ2v) is 6.63. The van der Waals surface area contributed by atoms with Gasteiger partial charge in [0.15, 0.2) is 0 Å². The largest absolute Gasteiger partial charge is 0.508 e. The number of carbonyl (C=O) groups is 1. The molecule has 1 heterocycles. The lowest BCUT2D eigenvalue weighted by molar-refractivity contribution is -0.131. The van der Waals surface area contributed by atoms with Gasteiger partial charge in [0.25, 0.3) is 0 Å². The first-order valence-electron chi connectivity index (χ1n) is 9.30. The zero-order valence-electron chi connectivity index (χ0n) is 15.5. The second-order valence-electron chi connectivity index (χ2n) is 6.63. The van der Waals surface area contributed by atoms with Gasteiger partial charge in [0.05, 0.1) is 0 Å². The van der Waals surface area contributed by atoms with E-state index < -0.39 is 0 Å². The van der Waals surface area contributed by atoms with Crippen molar-refractivity contribution in [2.24, 2.45) is 0 Å². The van der Waals surface area contributed by atoms with Gasteiger partial charge >= 0.3 is 0 Å². The van der Waals surface area contributed by atoms with E-state index in [1.54, 1.807) is 18.2 Å². The Kier molecular flexibility index (Phi) is 6.36. The van der Waals surface area contributed by atoms with Crippen LogP contribution in [0.3, 0.4) is 0 Å². The first-order chi connectivity index (χ1) is 13.2. The van der Waals surface area contributed by atoms with Crippen LogP contribution in [0.2, 0.25) is 0 Å². The fourth-order valence-corrected chi connectivity index (χ4v) is 3.19. The highest BCUT2D eigenvalue weighted by molar-refractivity contribution is 5.76. The summed E-state index contributed by atoms with van der Waals surface area (Å²) < 4.78 is 5.47. The highest BCUT2D eigenvalue weighted by Gasteiger charge is 2.21. The molecule has 0 aromatic heterocycles. The van der Waals surface area contributed by atoms with Crippen LogP contribution >= 0.6 is 0 Å². The van der Waals surface area contributed by atoms with Gasteiger partial charge in [0, 0.05) is 38.3 Å². The Morgan fingerprint density at radius 3 is 2.33 bits per heavy atom. The molecule has 5 nitrogen and oxygen atoms in total. The van der Waals surface area contributed by atoms with Crippen molar-refractivity contribution in [2.75, 3.05) is 37.7 Å². The molecule has 3 rings (SSSR count). The topological polar surface area (TPSA) is 53.0 Å². The predicted molar refractivity (Wildman–Crippen MR) is 107 cm³/mol. The average molecular weight is 366 g/mol. The molecule has 0 unspecified atom stereocenters. The van der Waals surface area contributed by atoms with Crippen molar-refractivity contribution in [3.8, 4) is 11.5 Å². The van der Waals surface area contributed by atoms with Crippen LogP contribution < -0.4 is 9.64 Å². The van der Waals surface area contributed by atoms with Gasteiger partial charge in [-0.15, -0.1) is 0 Å². The smallest absolute Gasteiger partial charge is 0.223 e. The summed E-state index contributed by atoms with van der Waals surface area (Å²) in [6.45, 7) is 7.21. The molecule has 0 spiro atoms. The van der Waals surface area contributed by atoms with Gasteiger partial charge in [0.1, 0.15) is 18.1 Å². The Balaban J connectivity index is 1.44. The molecule has 0 saturated carbocycles. The lowest BCUT2D eigenvalue weighted by atomic mass is 10.1. The number of anilines is 1. The molecule has 2 aromatic rings. The van der Waals surface area contributed by atoms with E-state index >= 15 is 0 Å². The summed E-state index contributed by atoms with van der Waals surface area (Å²) in [7, 11) is 0. The minimum Gasteiger partial charge on any atom is -0.508 e. The Bertz CT molecular complexity index is 748. The highest BCUT2D eigenvalue weighted by atomic mass is 16.5. The molecule has 2 aromatic carbocycles. The average Bonchev–Trinajstić information content (AvgIpc) is 2.72. The maximum Gasteiger partial charge on any atom is 0.223 e. The Hall–Kier alpha value is -2.95. The SMILES string of the molecule is C=CCOc1ccc(CCC(=O)N2CCN(c3ccc(O)cc3)CC2)cc1. The van der Waals surface area contributed by atoms with E-state index in [4.69, 9.17) is 4.74 Å². The van der Waals surface area contributed by atoms with Crippen LogP contribution in [-0.4, -0.2) is 48.7 Å². The molecule has 0 bridgehead atoms. The van der Waals surface area contributed by atoms with Gasteiger partial charge in [0.2, 0.25) is 5.91 Å². The van der Waals surface area contributed by atoms with E-state index in [-0.39, 0.29) is 11.7 Å². The molecule has 27 heavy (non-hydrogen) atoms. The Labute approximate surface area is 160 Å². The number of hydrogen-bond acceptors (Lipinski definition) is 4. The molecule has 0 atom stereocenters. The molecular weight excluding hydrogens is 340 g/mol. The number of aryl methyl sites for hydroxylation is 1. The van der Waals surface area contributed by atoms with Crippen molar-refractivity contribution in [1.82, 2.24) is 4.90 Å². The molecular formula is C22H26N2O3. The van der Waals surface area contributed by atoms with Crippen LogP contribution in [-0.2, 0) is 11.2 Å². The fraction of sp³-hybridized carbons (Fsp3) is 0.318. The van der Waals surface area contributed by atoms with Gasteiger partial charge in [-0.25, -0.2) is 0 Å². The van der Waals surface area contributed by atoms with Crippen LogP contribution in [0.25, 0.3) is 0 Å².